The van der Waals surface area contributed by atoms with Crippen LogP contribution in [0.5, 0.6) is 0 Å². The zero-order chi connectivity index (χ0) is 14.8. The Morgan fingerprint density at radius 2 is 1.43 bits per heavy atom. The fourth-order valence-electron chi connectivity index (χ4n) is 2.14. The largest absolute Gasteiger partial charge is 0.256 e. The first-order valence-corrected chi connectivity index (χ1v) is 6.80. The van der Waals surface area contributed by atoms with Gasteiger partial charge in [0.25, 0.3) is 0 Å². The van der Waals surface area contributed by atoms with E-state index < -0.39 is 5.95 Å². The van der Waals surface area contributed by atoms with Crippen LogP contribution < -0.4 is 0 Å². The third kappa shape index (κ3) is 2.82. The first-order chi connectivity index (χ1) is 10.1. The van der Waals surface area contributed by atoms with Gasteiger partial charge in [0.15, 0.2) is 0 Å². The minimum Gasteiger partial charge on any atom is -0.256 e. The molecule has 21 heavy (non-hydrogen) atoms. The number of nitrogens with zero attached hydrogens (tertiary/aromatic N) is 2. The monoisotopic (exact) mass is 278 g/mol. The van der Waals surface area contributed by atoms with Crippen LogP contribution in [0.3, 0.4) is 0 Å². The van der Waals surface area contributed by atoms with Gasteiger partial charge in [-0.15, -0.1) is 0 Å². The Bertz CT molecular complexity index is 762. The summed E-state index contributed by atoms with van der Waals surface area (Å²) in [6.45, 7) is 3.97. The van der Waals surface area contributed by atoms with Gasteiger partial charge in [0.05, 0.1) is 17.0 Å². The molecular formula is C18H15FN2. The highest BCUT2D eigenvalue weighted by atomic mass is 19.1. The molecule has 0 radical (unpaired) electrons. The molecule has 0 unspecified atom stereocenters. The van der Waals surface area contributed by atoms with Crippen molar-refractivity contribution in [3.63, 3.8) is 0 Å². The molecule has 0 aliphatic carbocycles. The lowest BCUT2D eigenvalue weighted by molar-refractivity contribution is 0.588. The molecule has 0 fully saturated rings. The van der Waals surface area contributed by atoms with Crippen LogP contribution in [-0.4, -0.2) is 9.97 Å². The maximum Gasteiger partial charge on any atom is 0.222 e. The fourth-order valence-corrected chi connectivity index (χ4v) is 2.14. The minimum absolute atomic E-state index is 0.422. The highest BCUT2D eigenvalue weighted by Crippen LogP contribution is 2.24. The Morgan fingerprint density at radius 1 is 0.762 bits per heavy atom. The van der Waals surface area contributed by atoms with Crippen LogP contribution in [0.15, 0.2) is 54.7 Å². The van der Waals surface area contributed by atoms with E-state index in [2.05, 4.69) is 9.97 Å². The van der Waals surface area contributed by atoms with Crippen LogP contribution in [0, 0.1) is 19.8 Å². The second-order valence-corrected chi connectivity index (χ2v) is 5.12. The maximum atomic E-state index is 14.3. The van der Waals surface area contributed by atoms with Crippen molar-refractivity contribution in [3.05, 3.63) is 71.8 Å². The zero-order valence-corrected chi connectivity index (χ0v) is 12.0. The topological polar surface area (TPSA) is 25.8 Å². The van der Waals surface area contributed by atoms with Crippen LogP contribution in [0.1, 0.15) is 11.1 Å². The van der Waals surface area contributed by atoms with Crippen LogP contribution >= 0.6 is 0 Å². The van der Waals surface area contributed by atoms with Crippen molar-refractivity contribution < 1.29 is 4.39 Å². The van der Waals surface area contributed by atoms with Crippen molar-refractivity contribution in [1.82, 2.24) is 9.97 Å². The Morgan fingerprint density at radius 3 is 2.05 bits per heavy atom. The van der Waals surface area contributed by atoms with Gasteiger partial charge in [-0.1, -0.05) is 35.9 Å². The predicted octanol–water partition coefficient (Wildman–Crippen LogP) is 4.57. The van der Waals surface area contributed by atoms with E-state index in [0.717, 1.165) is 11.1 Å². The molecule has 0 saturated carbocycles. The average Bonchev–Trinajstić information content (AvgIpc) is 2.49. The molecule has 0 aliphatic heterocycles. The van der Waals surface area contributed by atoms with Gasteiger partial charge in [-0.25, -0.2) is 4.98 Å². The van der Waals surface area contributed by atoms with Gasteiger partial charge in [0.2, 0.25) is 5.95 Å². The van der Waals surface area contributed by atoms with Crippen molar-refractivity contribution in [2.45, 2.75) is 13.8 Å². The molecule has 0 bridgehead atoms. The maximum absolute atomic E-state index is 14.3. The summed E-state index contributed by atoms with van der Waals surface area (Å²) in [4.78, 5) is 8.31. The molecule has 104 valence electrons. The summed E-state index contributed by atoms with van der Waals surface area (Å²) in [5, 5.41) is 0. The van der Waals surface area contributed by atoms with Gasteiger partial charge in [-0.05, 0) is 37.6 Å². The molecule has 3 aromatic rings. The number of rotatable bonds is 2. The van der Waals surface area contributed by atoms with Crippen LogP contribution in [0.2, 0.25) is 0 Å². The van der Waals surface area contributed by atoms with E-state index in [1.165, 1.54) is 5.56 Å². The van der Waals surface area contributed by atoms with Crippen molar-refractivity contribution in [1.29, 1.82) is 0 Å². The van der Waals surface area contributed by atoms with Gasteiger partial charge in [-0.3, -0.25) is 4.98 Å². The Hall–Kier alpha value is -2.55. The molecule has 2 heterocycles. The number of halogens is 1. The smallest absolute Gasteiger partial charge is 0.222 e. The summed E-state index contributed by atoms with van der Waals surface area (Å²) in [6, 6.07) is 15.1. The normalized spacial score (nSPS) is 10.6. The second-order valence-electron chi connectivity index (χ2n) is 5.12. The number of hydrogen-bond acceptors (Lipinski definition) is 2. The van der Waals surface area contributed by atoms with E-state index in [9.17, 15) is 4.39 Å². The highest BCUT2D eigenvalue weighted by Gasteiger charge is 2.09. The SMILES string of the molecule is Cc1ccc(-c2ccc(-c3ccc(C)cn3)c(F)n2)cc1. The minimum atomic E-state index is -0.496. The molecule has 0 atom stereocenters. The standard InChI is InChI=1S/C18H15FN2/c1-12-3-6-14(7-4-12)16-10-8-15(18(19)21-16)17-9-5-13(2)11-20-17/h3-11H,1-2H3. The van der Waals surface area contributed by atoms with Gasteiger partial charge in [-0.2, -0.15) is 4.39 Å². The quantitative estimate of drug-likeness (QED) is 0.642. The summed E-state index contributed by atoms with van der Waals surface area (Å²) < 4.78 is 14.3. The first kappa shape index (κ1) is 13.4. The number of hydrogen-bond donors (Lipinski definition) is 0. The Balaban J connectivity index is 1.99. The highest BCUT2D eigenvalue weighted by molar-refractivity contribution is 5.65. The molecule has 3 heteroatoms. The van der Waals surface area contributed by atoms with E-state index in [1.54, 1.807) is 18.3 Å². The van der Waals surface area contributed by atoms with Gasteiger partial charge in [0.1, 0.15) is 0 Å². The molecule has 0 aliphatic rings. The number of aromatic nitrogens is 2. The van der Waals surface area contributed by atoms with Gasteiger partial charge >= 0.3 is 0 Å². The molecule has 1 aromatic carbocycles. The lowest BCUT2D eigenvalue weighted by Gasteiger charge is -2.06. The Labute approximate surface area is 123 Å². The van der Waals surface area contributed by atoms with Crippen molar-refractivity contribution in [2.24, 2.45) is 0 Å². The van der Waals surface area contributed by atoms with Crippen LogP contribution in [-0.2, 0) is 0 Å². The first-order valence-electron chi connectivity index (χ1n) is 6.80. The van der Waals surface area contributed by atoms with Crippen LogP contribution in [0.4, 0.5) is 4.39 Å². The molecule has 2 nitrogen and oxygen atoms in total. The molecular weight excluding hydrogens is 263 g/mol. The third-order valence-corrected chi connectivity index (χ3v) is 3.38. The van der Waals surface area contributed by atoms with E-state index >= 15 is 0 Å². The Kier molecular flexibility index (Phi) is 3.48. The summed E-state index contributed by atoms with van der Waals surface area (Å²) in [5.74, 6) is -0.496. The molecule has 2 aromatic heterocycles. The van der Waals surface area contributed by atoms with Crippen molar-refractivity contribution in [3.8, 4) is 22.5 Å². The average molecular weight is 278 g/mol. The van der Waals surface area contributed by atoms with E-state index in [1.807, 2.05) is 50.2 Å². The molecule has 0 spiro atoms. The number of pyridine rings is 2. The second kappa shape index (κ2) is 5.44. The fraction of sp³-hybridized carbons (Fsp3) is 0.111. The lowest BCUT2D eigenvalue weighted by Crippen LogP contribution is -1.94. The van der Waals surface area contributed by atoms with Gasteiger partial charge < -0.3 is 0 Å². The zero-order valence-electron chi connectivity index (χ0n) is 12.0. The van der Waals surface area contributed by atoms with E-state index in [4.69, 9.17) is 0 Å². The molecule has 0 saturated heterocycles. The van der Waals surface area contributed by atoms with Gasteiger partial charge in [0, 0.05) is 11.8 Å². The lowest BCUT2D eigenvalue weighted by atomic mass is 10.1. The summed E-state index contributed by atoms with van der Waals surface area (Å²) in [5.41, 5.74) is 4.77. The van der Waals surface area contributed by atoms with Crippen LogP contribution in [0.25, 0.3) is 22.5 Å². The van der Waals surface area contributed by atoms with Crippen molar-refractivity contribution >= 4 is 0 Å². The number of aryl methyl sites for hydroxylation is 2. The molecule has 0 N–H and O–H groups in total. The molecule has 0 amide bonds. The molecule has 3 rings (SSSR count). The summed E-state index contributed by atoms with van der Waals surface area (Å²) >= 11 is 0. The summed E-state index contributed by atoms with van der Waals surface area (Å²) in [6.07, 6.45) is 1.72. The summed E-state index contributed by atoms with van der Waals surface area (Å²) in [7, 11) is 0. The third-order valence-electron chi connectivity index (χ3n) is 3.38. The number of benzene rings is 1. The predicted molar refractivity (Wildman–Crippen MR) is 82.3 cm³/mol. The van der Waals surface area contributed by atoms with E-state index in [0.29, 0.717) is 17.0 Å². The van der Waals surface area contributed by atoms with E-state index in [-0.39, 0.29) is 0 Å². The van der Waals surface area contributed by atoms with Crippen molar-refractivity contribution in [2.75, 3.05) is 0 Å².